The number of hydrogen-bond acceptors (Lipinski definition) is 27. The molecule has 33 nitrogen and oxygen atoms in total. The molecule has 3 amide bonds. The molecule has 0 aliphatic carbocycles. The predicted octanol–water partition coefficient (Wildman–Crippen LogP) is 17.0. The van der Waals surface area contributed by atoms with E-state index in [-0.39, 0.29) is 85.2 Å². The van der Waals surface area contributed by atoms with E-state index in [4.69, 9.17) is 62.6 Å². The molecule has 0 aromatic rings. The topological polar surface area (TPSA) is 525 Å². The van der Waals surface area contributed by atoms with E-state index < -0.39 is 92.5 Å². The minimum atomic E-state index is -3.28. The highest BCUT2D eigenvalue weighted by Crippen LogP contribution is 2.27. The lowest BCUT2D eigenvalue weighted by Crippen LogP contribution is -2.44. The minimum Gasteiger partial charge on any atom is -0.498 e. The number of nitro groups is 1. The van der Waals surface area contributed by atoms with Crippen LogP contribution in [0.15, 0.2) is 12.3 Å². The lowest BCUT2D eigenvalue weighted by Gasteiger charge is -2.23. The van der Waals surface area contributed by atoms with Crippen molar-refractivity contribution >= 4 is 69.3 Å². The van der Waals surface area contributed by atoms with Crippen molar-refractivity contribution < 1.29 is 99.9 Å². The summed E-state index contributed by atoms with van der Waals surface area (Å²) in [5.74, 6) is 5.13. The van der Waals surface area contributed by atoms with Crippen molar-refractivity contribution in [1.29, 1.82) is 0 Å². The van der Waals surface area contributed by atoms with Crippen LogP contribution < -0.4 is 49.3 Å². The number of carboxylic acids is 1. The second kappa shape index (κ2) is 88.2. The number of ketones is 3. The maximum atomic E-state index is 11.7. The number of ether oxygens (including phenoxy) is 6. The lowest BCUT2D eigenvalue weighted by molar-refractivity contribution is -0.512. The molecular weight excluding hydrogens is 1730 g/mol. The van der Waals surface area contributed by atoms with E-state index in [9.17, 15) is 66.5 Å². The zero-order valence-electron chi connectivity index (χ0n) is 91.7. The van der Waals surface area contributed by atoms with Crippen molar-refractivity contribution in [2.75, 3.05) is 66.5 Å². The first-order chi connectivity index (χ1) is 60.4. The first-order valence-electron chi connectivity index (χ1n) is 48.4. The average Bonchev–Trinajstić information content (AvgIpc) is 1.67. The number of alkyl carbamates (subject to hydrolysis) is 2. The van der Waals surface area contributed by atoms with Gasteiger partial charge in [-0.2, -0.15) is 0 Å². The van der Waals surface area contributed by atoms with Gasteiger partial charge in [-0.25, -0.2) is 37.1 Å². The molecule has 1 rings (SSSR count). The summed E-state index contributed by atoms with van der Waals surface area (Å²) in [5, 5.41) is 35.2. The Labute approximate surface area is 810 Å². The van der Waals surface area contributed by atoms with Gasteiger partial charge >= 0.3 is 42.1 Å². The van der Waals surface area contributed by atoms with Gasteiger partial charge in [0.2, 0.25) is 15.9 Å². The number of carbonyl (C=O) groups is 10. The number of nitrogens with zero attached hydrogens (tertiary/aromatic N) is 2. The predicted molar refractivity (Wildman–Crippen MR) is 544 cm³/mol. The van der Waals surface area contributed by atoms with Crippen LogP contribution in [-0.4, -0.2) is 220 Å². The van der Waals surface area contributed by atoms with Crippen molar-refractivity contribution in [3.8, 4) is 0 Å². The standard InChI is InChI=1S/C13H25NO4.C11H21NO4.C9H16O.C8H18N2O2.C8H15NO4.C8H17NO3S.C8H17NO2.2C7H15NO.2C7H17N.C6H14/c1-7-17-11(15)10(8-9(2)3)14-12(16)18-13(4,5)6;1-7(2)6-8(9(13)14)12-10(15)16-11(3,4)5;1-7(2)4-9-5-8(3)10-6-9;1-6(2)5-7(9)8(12)10-3-4-11;1-4-13-8(10)7(9(11)12)5-6(2)3;1-6(2)5-8(7(3)10)9-13(4,11)12;1-4-11-8(10)7(9)5-6(2)3;2*1-5(2)4-7(8)6(3)9;1-7(2)5-6-8(3)4;1-4-7(8)5-6(2)3;1-4-5-6(2)3/h9-10H,7-8H2,1-6H3,(H,14,16);7-8H,6H2,1-5H3,(H,12,15)(H,13,14);7,9H,3-6H2,1-2H3;6-7,11H,3-5,9H2,1-2H3,(H,10,12);6-7H,4-5H2,1-3H3;6,8-9H,5H2,1-4H3;6-7H,4-5,9H2,1-3H3;2*5,7H,4,8H2,1-3H3;7H,5-6H2,1-4H3;6-7H,4-5,8H2,1-3H3;6H,4-5H2,1-3H3. The Morgan fingerprint density at radius 2 is 0.842 bits per heavy atom. The fourth-order valence-electron chi connectivity index (χ4n) is 11.0. The lowest BCUT2D eigenvalue weighted by atomic mass is 9.96. The van der Waals surface area contributed by atoms with E-state index in [2.05, 4.69) is 148 Å². The number of aliphatic carboxylic acids is 1. The number of rotatable bonds is 44. The van der Waals surface area contributed by atoms with Gasteiger partial charge in [0, 0.05) is 36.3 Å². The molecule has 16 N–H and O–H groups in total. The molecule has 0 saturated carbocycles. The average molecular weight is 1940 g/mol. The summed E-state index contributed by atoms with van der Waals surface area (Å²) in [6.07, 6.45) is 13.1. The number of aliphatic hydroxyl groups excluding tert-OH is 1. The van der Waals surface area contributed by atoms with Crippen LogP contribution in [0.4, 0.5) is 9.59 Å². The fourth-order valence-corrected chi connectivity index (χ4v) is 11.8. The maximum absolute atomic E-state index is 11.7. The van der Waals surface area contributed by atoms with E-state index in [1.807, 2.05) is 83.1 Å². The highest BCUT2D eigenvalue weighted by Gasteiger charge is 2.33. The summed E-state index contributed by atoms with van der Waals surface area (Å²) in [5.41, 5.74) is 26.5. The normalized spacial score (nSPS) is 14.1. The minimum absolute atomic E-state index is 0.0415. The smallest absolute Gasteiger partial charge is 0.408 e. The number of hydrogen-bond donors (Lipinski definition) is 11. The van der Waals surface area contributed by atoms with E-state index in [1.165, 1.54) is 53.0 Å². The van der Waals surface area contributed by atoms with E-state index >= 15 is 0 Å². The van der Waals surface area contributed by atoms with Gasteiger partial charge in [-0.3, -0.25) is 34.1 Å². The molecule has 133 heavy (non-hydrogen) atoms. The van der Waals surface area contributed by atoms with Crippen LogP contribution in [0.1, 0.15) is 359 Å². The van der Waals surface area contributed by atoms with Crippen LogP contribution in [0.3, 0.4) is 0 Å². The molecule has 1 fully saturated rings. The molecule has 0 radical (unpaired) electrons. The zero-order chi connectivity index (χ0) is 107. The molecule has 10 unspecified atom stereocenters. The number of allylic oxidation sites excluding steroid dienone is 1. The molecular formula is C99H207N11O22S. The maximum Gasteiger partial charge on any atom is 0.408 e. The Morgan fingerprint density at radius 3 is 1.09 bits per heavy atom. The van der Waals surface area contributed by atoms with Gasteiger partial charge in [-0.15, -0.1) is 0 Å². The Bertz CT molecular complexity index is 3050. The number of carboxylic acid groups (broad SMARTS) is 1. The van der Waals surface area contributed by atoms with Gasteiger partial charge in [0.25, 0.3) is 0 Å². The number of nitrogens with two attached hydrogens (primary N) is 5. The first-order valence-corrected chi connectivity index (χ1v) is 50.3. The molecule has 10 atom stereocenters. The van der Waals surface area contributed by atoms with Gasteiger partial charge < -0.3 is 88.2 Å². The fraction of sp³-hybridized carbons (Fsp3) is 0.879. The van der Waals surface area contributed by atoms with E-state index in [0.717, 1.165) is 80.3 Å². The van der Waals surface area contributed by atoms with Gasteiger partial charge in [0.05, 0.1) is 69.2 Å². The number of amides is 3. The van der Waals surface area contributed by atoms with Gasteiger partial charge in [-0.1, -0.05) is 199 Å². The summed E-state index contributed by atoms with van der Waals surface area (Å²) in [7, 11) is 0.942. The molecule has 1 aliphatic rings. The van der Waals surface area contributed by atoms with Crippen LogP contribution in [0, 0.1) is 87.0 Å². The third-order valence-electron chi connectivity index (χ3n) is 17.2. The monoisotopic (exact) mass is 1930 g/mol. The largest absolute Gasteiger partial charge is 0.498 e. The Kier molecular flexibility index (Phi) is 99.0. The first kappa shape index (κ1) is 149. The highest BCUT2D eigenvalue weighted by molar-refractivity contribution is 7.88. The third-order valence-corrected chi connectivity index (χ3v) is 17.9. The third kappa shape index (κ3) is 123. The second-order valence-corrected chi connectivity index (χ2v) is 42.8. The molecule has 1 heterocycles. The van der Waals surface area contributed by atoms with Crippen LogP contribution in [0.5, 0.6) is 0 Å². The van der Waals surface area contributed by atoms with Crippen LogP contribution in [-0.2, 0) is 76.8 Å². The Morgan fingerprint density at radius 1 is 0.496 bits per heavy atom. The number of sulfonamides is 1. The van der Waals surface area contributed by atoms with Crippen molar-refractivity contribution in [1.82, 2.24) is 25.6 Å². The van der Waals surface area contributed by atoms with Crippen molar-refractivity contribution in [2.24, 2.45) is 106 Å². The summed E-state index contributed by atoms with van der Waals surface area (Å²) >= 11 is 0. The van der Waals surface area contributed by atoms with Gasteiger partial charge in [0.1, 0.15) is 46.7 Å². The summed E-state index contributed by atoms with van der Waals surface area (Å²) in [6.45, 7) is 81.0. The number of aliphatic hydroxyl groups is 1. The highest BCUT2D eigenvalue weighted by atomic mass is 32.2. The molecule has 0 bridgehead atoms. The summed E-state index contributed by atoms with van der Waals surface area (Å²) < 4.78 is 53.7. The quantitative estimate of drug-likeness (QED) is 0.0117. The molecule has 796 valence electrons. The SMILES string of the molecule is C=C1CC(CC(C)C)CO1.CC(=O)C(CC(C)C)NS(C)(=O)=O.CC(=O)C(N)CC(C)C.CC(=O)C(N)CC(C)C.CC(C)CC(N)C(=O)NCCO.CC(C)CC(NC(=O)OC(C)(C)C)C(=O)O.CC(C)CCN(C)C.CCC(N)CC(C)C.CCCC(C)C.CCOC(=O)C(CC(C)C)NC(=O)OC(C)(C)C.CCOC(=O)C(CC(C)C)[N+](=O)[O-].CCOC(=O)C(N)CC(C)C. The molecule has 0 spiro atoms. The Balaban J connectivity index is -0.000000137. The Hall–Kier alpha value is -6.53. The van der Waals surface area contributed by atoms with Crippen LogP contribution in [0.25, 0.3) is 0 Å². The number of esters is 3. The molecule has 0 aromatic carbocycles. The van der Waals surface area contributed by atoms with Crippen LogP contribution in [0.2, 0.25) is 0 Å². The van der Waals surface area contributed by atoms with Crippen LogP contribution >= 0.6 is 0 Å². The summed E-state index contributed by atoms with van der Waals surface area (Å²) in [4.78, 5) is 123. The van der Waals surface area contributed by atoms with Crippen molar-refractivity contribution in [3.63, 3.8) is 0 Å². The second-order valence-electron chi connectivity index (χ2n) is 41.1. The van der Waals surface area contributed by atoms with Crippen molar-refractivity contribution in [2.45, 2.75) is 425 Å². The number of nitrogens with one attached hydrogen (secondary N) is 4. The van der Waals surface area contributed by atoms with E-state index in [1.54, 1.807) is 62.3 Å². The molecule has 34 heteroatoms. The zero-order valence-corrected chi connectivity index (χ0v) is 92.5. The molecule has 1 saturated heterocycles. The van der Waals surface area contributed by atoms with E-state index in [0.29, 0.717) is 80.9 Å². The summed E-state index contributed by atoms with van der Waals surface area (Å²) in [6, 6.07) is -4.29. The molecule has 0 aromatic heterocycles. The number of Topliss-reactive ketones (excluding diaryl/α,β-unsaturated/α-hetero) is 3. The van der Waals surface area contributed by atoms with Gasteiger partial charge in [-0.05, 0) is 245 Å². The van der Waals surface area contributed by atoms with Crippen molar-refractivity contribution in [3.05, 3.63) is 22.5 Å². The van der Waals surface area contributed by atoms with Gasteiger partial charge in [0.15, 0.2) is 0 Å². The number of carbonyl (C=O) groups excluding carboxylic acids is 9. The molecule has 1 aliphatic heterocycles.